The predicted octanol–water partition coefficient (Wildman–Crippen LogP) is 0.891. The van der Waals surface area contributed by atoms with Gasteiger partial charge >= 0.3 is 0 Å². The molecule has 0 aliphatic carbocycles. The highest BCUT2D eigenvalue weighted by Gasteiger charge is 2.05. The molecule has 0 amide bonds. The van der Waals surface area contributed by atoms with E-state index in [4.69, 9.17) is 10.5 Å². The Morgan fingerprint density at radius 2 is 2.05 bits per heavy atom. The monoisotopic (exact) mass is 300 g/mol. The molecule has 1 rings (SSSR count). The van der Waals surface area contributed by atoms with Crippen LogP contribution in [-0.4, -0.2) is 52.1 Å². The lowest BCUT2D eigenvalue weighted by atomic mass is 10.2. The van der Waals surface area contributed by atoms with E-state index in [-0.39, 0.29) is 5.75 Å². The summed E-state index contributed by atoms with van der Waals surface area (Å²) in [4.78, 5) is 2.00. The molecule has 0 fully saturated rings. The molecule has 0 saturated heterocycles. The molecule has 6 heteroatoms. The quantitative estimate of drug-likeness (QED) is 0.686. The second-order valence-electron chi connectivity index (χ2n) is 4.99. The zero-order valence-corrected chi connectivity index (χ0v) is 13.0. The molecule has 114 valence electrons. The van der Waals surface area contributed by atoms with Crippen molar-refractivity contribution in [2.75, 3.05) is 38.8 Å². The molecule has 0 aliphatic heterocycles. The highest BCUT2D eigenvalue weighted by atomic mass is 32.2. The van der Waals surface area contributed by atoms with Gasteiger partial charge in [-0.15, -0.1) is 0 Å². The molecule has 5 nitrogen and oxygen atoms in total. The maximum Gasteiger partial charge on any atom is 0.148 e. The summed E-state index contributed by atoms with van der Waals surface area (Å²) in [5.41, 5.74) is 6.62. The zero-order chi connectivity index (χ0) is 15.0. The van der Waals surface area contributed by atoms with Crippen LogP contribution in [0.1, 0.15) is 12.0 Å². The largest absolute Gasteiger partial charge is 0.494 e. The van der Waals surface area contributed by atoms with Gasteiger partial charge in [0.15, 0.2) is 0 Å². The topological polar surface area (TPSA) is 72.6 Å². The number of benzene rings is 1. The van der Waals surface area contributed by atoms with Gasteiger partial charge in [0.25, 0.3) is 0 Å². The summed E-state index contributed by atoms with van der Waals surface area (Å²) in [7, 11) is -0.968. The summed E-state index contributed by atoms with van der Waals surface area (Å²) in [6.45, 7) is 2.48. The van der Waals surface area contributed by atoms with Crippen molar-refractivity contribution in [3.8, 4) is 5.75 Å². The van der Waals surface area contributed by atoms with Gasteiger partial charge in [0, 0.05) is 25.9 Å². The van der Waals surface area contributed by atoms with Crippen molar-refractivity contribution in [1.82, 2.24) is 4.90 Å². The Bertz CT molecular complexity index is 503. The lowest BCUT2D eigenvalue weighted by Gasteiger charge is -2.16. The van der Waals surface area contributed by atoms with Gasteiger partial charge in [-0.1, -0.05) is 12.1 Å². The van der Waals surface area contributed by atoms with Gasteiger partial charge < -0.3 is 15.4 Å². The van der Waals surface area contributed by atoms with Crippen LogP contribution in [0.15, 0.2) is 24.3 Å². The normalized spacial score (nSPS) is 11.8. The Labute approximate surface area is 121 Å². The van der Waals surface area contributed by atoms with Crippen LogP contribution in [0.25, 0.3) is 0 Å². The lowest BCUT2D eigenvalue weighted by Crippen LogP contribution is -2.27. The van der Waals surface area contributed by atoms with E-state index in [9.17, 15) is 8.42 Å². The van der Waals surface area contributed by atoms with Gasteiger partial charge in [0.2, 0.25) is 0 Å². The van der Waals surface area contributed by atoms with Gasteiger partial charge in [0.05, 0.1) is 12.4 Å². The molecule has 0 unspecified atom stereocenters. The van der Waals surface area contributed by atoms with E-state index in [2.05, 4.69) is 0 Å². The number of rotatable bonds is 9. The average Bonchev–Trinajstić information content (AvgIpc) is 2.41. The SMILES string of the molecule is CN(CCCOc1cccc(CN)c1)CCS(C)(=O)=O. The second kappa shape index (κ2) is 8.24. The fourth-order valence-corrected chi connectivity index (χ4v) is 2.36. The Kier molecular flexibility index (Phi) is 6.98. The molecule has 20 heavy (non-hydrogen) atoms. The van der Waals surface area contributed by atoms with Crippen LogP contribution in [0.4, 0.5) is 0 Å². The Balaban J connectivity index is 2.21. The van der Waals surface area contributed by atoms with Crippen molar-refractivity contribution in [2.45, 2.75) is 13.0 Å². The number of hydrogen-bond donors (Lipinski definition) is 1. The molecule has 0 bridgehead atoms. The molecule has 1 aromatic rings. The van der Waals surface area contributed by atoms with E-state index >= 15 is 0 Å². The van der Waals surface area contributed by atoms with Crippen molar-refractivity contribution < 1.29 is 13.2 Å². The number of hydrogen-bond acceptors (Lipinski definition) is 5. The Morgan fingerprint density at radius 3 is 2.70 bits per heavy atom. The number of nitrogens with two attached hydrogens (primary N) is 1. The summed E-state index contributed by atoms with van der Waals surface area (Å²) in [5.74, 6) is 1.02. The molecular formula is C14H24N2O3S. The lowest BCUT2D eigenvalue weighted by molar-refractivity contribution is 0.268. The van der Waals surface area contributed by atoms with E-state index in [1.54, 1.807) is 0 Å². The van der Waals surface area contributed by atoms with Gasteiger partial charge in [-0.05, 0) is 31.2 Å². The van der Waals surface area contributed by atoms with E-state index in [0.29, 0.717) is 19.7 Å². The van der Waals surface area contributed by atoms with E-state index in [0.717, 1.165) is 24.3 Å². The molecule has 0 aromatic heterocycles. The maximum absolute atomic E-state index is 11.0. The van der Waals surface area contributed by atoms with Crippen molar-refractivity contribution in [2.24, 2.45) is 5.73 Å². The average molecular weight is 300 g/mol. The first-order valence-electron chi connectivity index (χ1n) is 6.69. The van der Waals surface area contributed by atoms with Crippen molar-refractivity contribution in [3.05, 3.63) is 29.8 Å². The molecule has 0 heterocycles. The van der Waals surface area contributed by atoms with Crippen molar-refractivity contribution in [3.63, 3.8) is 0 Å². The third-order valence-corrected chi connectivity index (χ3v) is 3.86. The summed E-state index contributed by atoms with van der Waals surface area (Å²) in [5, 5.41) is 0. The van der Waals surface area contributed by atoms with Crippen LogP contribution in [-0.2, 0) is 16.4 Å². The highest BCUT2D eigenvalue weighted by molar-refractivity contribution is 7.90. The molecule has 0 aliphatic rings. The van der Waals surface area contributed by atoms with Crippen LogP contribution < -0.4 is 10.5 Å². The minimum absolute atomic E-state index is 0.197. The smallest absolute Gasteiger partial charge is 0.148 e. The zero-order valence-electron chi connectivity index (χ0n) is 12.2. The predicted molar refractivity (Wildman–Crippen MR) is 81.7 cm³/mol. The van der Waals surface area contributed by atoms with Crippen LogP contribution in [0.2, 0.25) is 0 Å². The molecular weight excluding hydrogens is 276 g/mol. The fourth-order valence-electron chi connectivity index (χ4n) is 1.72. The van der Waals surface area contributed by atoms with Crippen LogP contribution >= 0.6 is 0 Å². The van der Waals surface area contributed by atoms with Gasteiger partial charge in [-0.25, -0.2) is 8.42 Å². The van der Waals surface area contributed by atoms with Gasteiger partial charge in [0.1, 0.15) is 15.6 Å². The van der Waals surface area contributed by atoms with Crippen molar-refractivity contribution in [1.29, 1.82) is 0 Å². The summed E-state index contributed by atoms with van der Waals surface area (Å²) >= 11 is 0. The van der Waals surface area contributed by atoms with Crippen molar-refractivity contribution >= 4 is 9.84 Å². The summed E-state index contributed by atoms with van der Waals surface area (Å²) < 4.78 is 27.7. The number of nitrogens with zero attached hydrogens (tertiary/aromatic N) is 1. The minimum atomic E-state index is -2.89. The molecule has 1 aromatic carbocycles. The van der Waals surface area contributed by atoms with Gasteiger partial charge in [-0.2, -0.15) is 0 Å². The minimum Gasteiger partial charge on any atom is -0.494 e. The molecule has 2 N–H and O–H groups in total. The number of ether oxygens (including phenoxy) is 1. The summed E-state index contributed by atoms with van der Waals surface area (Å²) in [6, 6.07) is 7.74. The first-order chi connectivity index (χ1) is 9.40. The third-order valence-electron chi connectivity index (χ3n) is 2.93. The van der Waals surface area contributed by atoms with Crippen LogP contribution in [0.5, 0.6) is 5.75 Å². The molecule has 0 spiro atoms. The van der Waals surface area contributed by atoms with E-state index in [1.165, 1.54) is 6.26 Å². The molecule has 0 atom stereocenters. The Hall–Kier alpha value is -1.11. The van der Waals surface area contributed by atoms with Gasteiger partial charge in [-0.3, -0.25) is 0 Å². The molecule has 0 radical (unpaired) electrons. The summed E-state index contributed by atoms with van der Waals surface area (Å²) in [6.07, 6.45) is 2.11. The standard InChI is InChI=1S/C14H24N2O3S/c1-16(8-10-20(2,17)18)7-4-9-19-14-6-3-5-13(11-14)12-15/h3,5-6,11H,4,7-10,12,15H2,1-2H3. The molecule has 0 saturated carbocycles. The Morgan fingerprint density at radius 1 is 1.30 bits per heavy atom. The highest BCUT2D eigenvalue weighted by Crippen LogP contribution is 2.12. The van der Waals surface area contributed by atoms with Crippen LogP contribution in [0, 0.1) is 0 Å². The van der Waals surface area contributed by atoms with E-state index < -0.39 is 9.84 Å². The first-order valence-corrected chi connectivity index (χ1v) is 8.75. The van der Waals surface area contributed by atoms with Crippen LogP contribution in [0.3, 0.4) is 0 Å². The second-order valence-corrected chi connectivity index (χ2v) is 7.25. The first kappa shape index (κ1) is 16.9. The third kappa shape index (κ3) is 7.47. The number of sulfone groups is 1. The van der Waals surface area contributed by atoms with E-state index in [1.807, 2.05) is 36.2 Å². The fraction of sp³-hybridized carbons (Fsp3) is 0.571. The maximum atomic E-state index is 11.0.